The molecule has 34 heavy (non-hydrogen) atoms. The molecule has 7 aromatic rings. The number of aromatic nitrogens is 3. The molecule has 0 spiro atoms. The van der Waals surface area contributed by atoms with Gasteiger partial charge < -0.3 is 4.57 Å². The fourth-order valence-corrected chi connectivity index (χ4v) is 4.84. The van der Waals surface area contributed by atoms with Crippen molar-refractivity contribution in [2.24, 2.45) is 0 Å². The summed E-state index contributed by atoms with van der Waals surface area (Å²) < 4.78 is 31.9. The molecule has 0 radical (unpaired) electrons. The maximum Gasteiger partial charge on any atom is 0.123 e. The molecule has 0 bridgehead atoms. The molecule has 7 rings (SSSR count). The summed E-state index contributed by atoms with van der Waals surface area (Å²) in [5.41, 5.74) is 5.48. The van der Waals surface area contributed by atoms with Crippen LogP contribution in [0.15, 0.2) is 103 Å². The van der Waals surface area contributed by atoms with E-state index in [0.717, 1.165) is 38.9 Å². The van der Waals surface area contributed by atoms with Crippen LogP contribution >= 0.6 is 0 Å². The van der Waals surface area contributed by atoms with Gasteiger partial charge in [-0.1, -0.05) is 36.4 Å². The molecule has 0 N–H and O–H groups in total. The van der Waals surface area contributed by atoms with Crippen LogP contribution in [0, 0.1) is 11.6 Å². The van der Waals surface area contributed by atoms with Crippen LogP contribution in [0.1, 0.15) is 0 Å². The number of rotatable bonds is 2. The topological polar surface area (TPSA) is 22.2 Å². The third kappa shape index (κ3) is 2.83. The number of halogens is 2. The van der Waals surface area contributed by atoms with E-state index >= 15 is 0 Å². The highest BCUT2D eigenvalue weighted by atomic mass is 19.1. The Labute approximate surface area is 193 Å². The zero-order valence-corrected chi connectivity index (χ0v) is 17.9. The lowest BCUT2D eigenvalue weighted by Gasteiger charge is -2.08. The molecule has 0 aliphatic carbocycles. The van der Waals surface area contributed by atoms with Crippen LogP contribution in [0.2, 0.25) is 0 Å². The normalized spacial score (nSPS) is 11.8. The molecule has 0 unspecified atom stereocenters. The number of benzene rings is 4. The zero-order chi connectivity index (χ0) is 22.8. The summed E-state index contributed by atoms with van der Waals surface area (Å²) in [6.45, 7) is 0. The summed E-state index contributed by atoms with van der Waals surface area (Å²) in [6.07, 6.45) is 2.04. The van der Waals surface area contributed by atoms with E-state index in [2.05, 4.69) is 24.3 Å². The third-order valence-electron chi connectivity index (χ3n) is 6.44. The maximum absolute atomic E-state index is 14.0. The molecule has 0 atom stereocenters. The Balaban J connectivity index is 1.37. The Kier molecular flexibility index (Phi) is 3.91. The summed E-state index contributed by atoms with van der Waals surface area (Å²) in [4.78, 5) is 0. The van der Waals surface area contributed by atoms with Gasteiger partial charge in [0.15, 0.2) is 0 Å². The molecule has 4 aromatic carbocycles. The first-order valence-corrected chi connectivity index (χ1v) is 11.0. The van der Waals surface area contributed by atoms with Gasteiger partial charge in [-0.2, -0.15) is 5.10 Å². The first kappa shape index (κ1) is 19.0. The van der Waals surface area contributed by atoms with Gasteiger partial charge in [-0.15, -0.1) is 0 Å². The van der Waals surface area contributed by atoms with Gasteiger partial charge in [0.2, 0.25) is 0 Å². The lowest BCUT2D eigenvalue weighted by atomic mass is 10.1. The quantitative estimate of drug-likeness (QED) is 0.270. The molecule has 0 fully saturated rings. The van der Waals surface area contributed by atoms with Crippen molar-refractivity contribution in [1.82, 2.24) is 14.2 Å². The van der Waals surface area contributed by atoms with Crippen molar-refractivity contribution in [3.8, 4) is 16.9 Å². The largest absolute Gasteiger partial charge is 0.309 e. The Morgan fingerprint density at radius 3 is 1.94 bits per heavy atom. The van der Waals surface area contributed by atoms with Crippen molar-refractivity contribution in [3.05, 3.63) is 115 Å². The van der Waals surface area contributed by atoms with Gasteiger partial charge >= 0.3 is 0 Å². The fourth-order valence-electron chi connectivity index (χ4n) is 4.84. The van der Waals surface area contributed by atoms with Gasteiger partial charge in [0, 0.05) is 33.6 Å². The maximum atomic E-state index is 14.0. The Bertz CT molecular complexity index is 1770. The number of nitrogens with zero attached hydrogens (tertiary/aromatic N) is 3. The summed E-state index contributed by atoms with van der Waals surface area (Å²) in [5, 5.41) is 8.46. The fraction of sp³-hybridized carbons (Fsp3) is 0. The Morgan fingerprint density at radius 2 is 1.26 bits per heavy atom. The van der Waals surface area contributed by atoms with E-state index in [1.165, 1.54) is 29.7 Å². The number of hydrogen-bond acceptors (Lipinski definition) is 1. The van der Waals surface area contributed by atoms with Crippen LogP contribution in [0.5, 0.6) is 0 Å². The summed E-state index contributed by atoms with van der Waals surface area (Å²) in [6, 6.07) is 29.8. The lowest BCUT2D eigenvalue weighted by Crippen LogP contribution is -1.94. The van der Waals surface area contributed by atoms with E-state index in [4.69, 9.17) is 5.10 Å². The van der Waals surface area contributed by atoms with Crippen molar-refractivity contribution in [3.63, 3.8) is 0 Å². The second-order valence-corrected chi connectivity index (χ2v) is 8.51. The van der Waals surface area contributed by atoms with Crippen molar-refractivity contribution in [1.29, 1.82) is 0 Å². The SMILES string of the molecule is Fc1ccc2c(c1)c1cc(F)ccc1n2-c1ccc(-c2cc3cc4ccccc4cn3n2)cc1. The molecule has 0 amide bonds. The lowest BCUT2D eigenvalue weighted by molar-refractivity contribution is 0.628. The molecule has 3 heterocycles. The highest BCUT2D eigenvalue weighted by Crippen LogP contribution is 2.33. The van der Waals surface area contributed by atoms with E-state index in [1.807, 2.05) is 51.7 Å². The highest BCUT2D eigenvalue weighted by Gasteiger charge is 2.14. The smallest absolute Gasteiger partial charge is 0.123 e. The molecule has 162 valence electrons. The number of hydrogen-bond donors (Lipinski definition) is 0. The minimum Gasteiger partial charge on any atom is -0.309 e. The monoisotopic (exact) mass is 445 g/mol. The second-order valence-electron chi connectivity index (χ2n) is 8.51. The molecule has 3 nitrogen and oxygen atoms in total. The van der Waals surface area contributed by atoms with Crippen molar-refractivity contribution >= 4 is 38.1 Å². The summed E-state index contributed by atoms with van der Waals surface area (Å²) in [5.74, 6) is -0.684. The van der Waals surface area contributed by atoms with E-state index in [0.29, 0.717) is 10.8 Å². The number of pyridine rings is 1. The Morgan fingerprint density at radius 1 is 0.618 bits per heavy atom. The van der Waals surface area contributed by atoms with Crippen molar-refractivity contribution in [2.75, 3.05) is 0 Å². The van der Waals surface area contributed by atoms with Gasteiger partial charge in [-0.05, 0) is 66.0 Å². The minimum absolute atomic E-state index is 0.342. The van der Waals surface area contributed by atoms with Gasteiger partial charge in [-0.3, -0.25) is 0 Å². The minimum atomic E-state index is -0.342. The highest BCUT2D eigenvalue weighted by molar-refractivity contribution is 6.09. The van der Waals surface area contributed by atoms with Gasteiger partial charge in [0.1, 0.15) is 11.6 Å². The average molecular weight is 445 g/mol. The van der Waals surface area contributed by atoms with E-state index in [1.54, 1.807) is 12.1 Å². The summed E-state index contributed by atoms with van der Waals surface area (Å²) in [7, 11) is 0. The third-order valence-corrected chi connectivity index (χ3v) is 6.44. The molecular weight excluding hydrogens is 428 g/mol. The van der Waals surface area contributed by atoms with Crippen LogP contribution in [-0.2, 0) is 0 Å². The van der Waals surface area contributed by atoms with Gasteiger partial charge in [0.05, 0.1) is 22.2 Å². The standard InChI is InChI=1S/C29H17F2N3/c30-21-7-11-28-25(14-21)26-15-22(31)8-12-29(26)34(28)23-9-5-18(6-10-23)27-16-24-13-19-3-1-2-4-20(19)17-33(24)32-27/h1-17H. The van der Waals surface area contributed by atoms with Crippen LogP contribution in [0.25, 0.3) is 55.0 Å². The van der Waals surface area contributed by atoms with Crippen LogP contribution in [-0.4, -0.2) is 14.2 Å². The molecule has 0 saturated heterocycles. The molecule has 3 aromatic heterocycles. The molecular formula is C29H17F2N3. The average Bonchev–Trinajstić information content (AvgIpc) is 3.41. The first-order chi connectivity index (χ1) is 16.6. The molecule has 0 aliphatic heterocycles. The Hall–Kier alpha value is -4.51. The number of fused-ring (bicyclic) bond motifs is 5. The van der Waals surface area contributed by atoms with Crippen LogP contribution in [0.3, 0.4) is 0 Å². The molecule has 0 saturated carbocycles. The van der Waals surface area contributed by atoms with E-state index in [-0.39, 0.29) is 11.6 Å². The van der Waals surface area contributed by atoms with Gasteiger partial charge in [-0.25, -0.2) is 13.3 Å². The van der Waals surface area contributed by atoms with Crippen molar-refractivity contribution < 1.29 is 8.78 Å². The summed E-state index contributed by atoms with van der Waals surface area (Å²) >= 11 is 0. The molecule has 5 heteroatoms. The van der Waals surface area contributed by atoms with Crippen LogP contribution in [0.4, 0.5) is 8.78 Å². The van der Waals surface area contributed by atoms with E-state index in [9.17, 15) is 8.78 Å². The second kappa shape index (κ2) is 6.99. The zero-order valence-electron chi connectivity index (χ0n) is 17.9. The van der Waals surface area contributed by atoms with E-state index < -0.39 is 0 Å². The predicted octanol–water partition coefficient (Wildman–Crippen LogP) is 7.53. The molecule has 0 aliphatic rings. The predicted molar refractivity (Wildman–Crippen MR) is 132 cm³/mol. The van der Waals surface area contributed by atoms with Crippen molar-refractivity contribution in [2.45, 2.75) is 0 Å². The van der Waals surface area contributed by atoms with Gasteiger partial charge in [0.25, 0.3) is 0 Å². The van der Waals surface area contributed by atoms with Crippen LogP contribution < -0.4 is 0 Å². The first-order valence-electron chi connectivity index (χ1n) is 11.0.